The summed E-state index contributed by atoms with van der Waals surface area (Å²) in [5.74, 6) is -0.445. The molecule has 0 aliphatic heterocycles. The standard InChI is InChI=1S/C11H13FO3S/c1-15-4-5-16-7-8-2-3-10(12)9(6-8)11(13)14/h2-3,6H,4-5,7H2,1H3,(H,13,14). The zero-order valence-corrected chi connectivity index (χ0v) is 9.72. The lowest BCUT2D eigenvalue weighted by atomic mass is 10.1. The van der Waals surface area contributed by atoms with Crippen molar-refractivity contribution in [3.63, 3.8) is 0 Å². The van der Waals surface area contributed by atoms with Crippen molar-refractivity contribution in [2.75, 3.05) is 19.5 Å². The fourth-order valence-electron chi connectivity index (χ4n) is 1.16. The summed E-state index contributed by atoms with van der Waals surface area (Å²) in [7, 11) is 1.63. The predicted molar refractivity (Wildman–Crippen MR) is 61.4 cm³/mol. The van der Waals surface area contributed by atoms with Crippen molar-refractivity contribution in [1.29, 1.82) is 0 Å². The van der Waals surface area contributed by atoms with Gasteiger partial charge in [-0.3, -0.25) is 0 Å². The average Bonchev–Trinajstić information content (AvgIpc) is 2.26. The lowest BCUT2D eigenvalue weighted by molar-refractivity contribution is 0.0692. The number of carbonyl (C=O) groups is 1. The van der Waals surface area contributed by atoms with Crippen molar-refractivity contribution in [2.24, 2.45) is 0 Å². The quantitative estimate of drug-likeness (QED) is 0.780. The van der Waals surface area contributed by atoms with Crippen LogP contribution in [-0.4, -0.2) is 30.5 Å². The normalized spacial score (nSPS) is 10.4. The van der Waals surface area contributed by atoms with E-state index < -0.39 is 11.8 Å². The summed E-state index contributed by atoms with van der Waals surface area (Å²) in [5, 5.41) is 8.73. The molecule has 0 saturated heterocycles. The number of carboxylic acids is 1. The van der Waals surface area contributed by atoms with Crippen LogP contribution in [0, 0.1) is 5.82 Å². The molecule has 1 aromatic carbocycles. The number of hydrogen-bond acceptors (Lipinski definition) is 3. The number of hydrogen-bond donors (Lipinski definition) is 1. The Morgan fingerprint density at radius 1 is 1.56 bits per heavy atom. The molecule has 0 spiro atoms. The molecule has 5 heteroatoms. The van der Waals surface area contributed by atoms with Gasteiger partial charge in [-0.25, -0.2) is 9.18 Å². The first-order valence-corrected chi connectivity index (χ1v) is 5.89. The molecule has 1 N–H and O–H groups in total. The molecule has 0 amide bonds. The Bertz CT molecular complexity index is 368. The van der Waals surface area contributed by atoms with Gasteiger partial charge in [0.05, 0.1) is 12.2 Å². The summed E-state index contributed by atoms with van der Waals surface area (Å²) >= 11 is 1.62. The van der Waals surface area contributed by atoms with Crippen LogP contribution in [0.5, 0.6) is 0 Å². The Balaban J connectivity index is 2.61. The number of methoxy groups -OCH3 is 1. The van der Waals surface area contributed by atoms with Crippen LogP contribution in [0.3, 0.4) is 0 Å². The number of halogens is 1. The Morgan fingerprint density at radius 2 is 2.31 bits per heavy atom. The van der Waals surface area contributed by atoms with Gasteiger partial charge in [-0.2, -0.15) is 11.8 Å². The van der Waals surface area contributed by atoms with Gasteiger partial charge in [-0.15, -0.1) is 0 Å². The highest BCUT2D eigenvalue weighted by Gasteiger charge is 2.10. The largest absolute Gasteiger partial charge is 0.478 e. The molecule has 0 radical (unpaired) electrons. The monoisotopic (exact) mass is 244 g/mol. The molecule has 0 aromatic heterocycles. The molecular formula is C11H13FO3S. The molecule has 0 bridgehead atoms. The summed E-state index contributed by atoms with van der Waals surface area (Å²) in [6, 6.07) is 4.16. The smallest absolute Gasteiger partial charge is 0.338 e. The minimum Gasteiger partial charge on any atom is -0.478 e. The number of aromatic carboxylic acids is 1. The molecule has 88 valence electrons. The minimum atomic E-state index is -1.23. The highest BCUT2D eigenvalue weighted by Crippen LogP contribution is 2.16. The van der Waals surface area contributed by atoms with E-state index in [1.165, 1.54) is 12.1 Å². The van der Waals surface area contributed by atoms with E-state index in [1.807, 2.05) is 0 Å². The average molecular weight is 244 g/mol. The second kappa shape index (κ2) is 6.50. The second-order valence-electron chi connectivity index (χ2n) is 3.16. The summed E-state index contributed by atoms with van der Waals surface area (Å²) < 4.78 is 17.9. The molecule has 0 atom stereocenters. The van der Waals surface area contributed by atoms with Gasteiger partial charge < -0.3 is 9.84 Å². The Hall–Kier alpha value is -1.07. The van der Waals surface area contributed by atoms with Crippen molar-refractivity contribution in [3.05, 3.63) is 35.1 Å². The predicted octanol–water partition coefficient (Wildman–Crippen LogP) is 2.40. The van der Waals surface area contributed by atoms with E-state index in [-0.39, 0.29) is 5.56 Å². The maximum absolute atomic E-state index is 13.1. The Morgan fingerprint density at radius 3 is 2.94 bits per heavy atom. The molecule has 3 nitrogen and oxygen atoms in total. The van der Waals surface area contributed by atoms with Crippen LogP contribution < -0.4 is 0 Å². The van der Waals surface area contributed by atoms with Gasteiger partial charge in [0.15, 0.2) is 0 Å². The van der Waals surface area contributed by atoms with Crippen LogP contribution in [0.15, 0.2) is 18.2 Å². The highest BCUT2D eigenvalue weighted by atomic mass is 32.2. The minimum absolute atomic E-state index is 0.273. The third-order valence-electron chi connectivity index (χ3n) is 1.96. The Labute approximate surface area is 97.6 Å². The van der Waals surface area contributed by atoms with E-state index in [0.717, 1.165) is 11.3 Å². The molecule has 0 fully saturated rings. The maximum Gasteiger partial charge on any atom is 0.338 e. The van der Waals surface area contributed by atoms with E-state index in [2.05, 4.69) is 0 Å². The third kappa shape index (κ3) is 3.83. The van der Waals surface area contributed by atoms with E-state index in [9.17, 15) is 9.18 Å². The van der Waals surface area contributed by atoms with Gasteiger partial charge in [0, 0.05) is 18.6 Å². The lowest BCUT2D eigenvalue weighted by Crippen LogP contribution is -2.01. The number of carboxylic acid groups (broad SMARTS) is 1. The van der Waals surface area contributed by atoms with Crippen LogP contribution in [0.2, 0.25) is 0 Å². The molecule has 0 saturated carbocycles. The van der Waals surface area contributed by atoms with Crippen LogP contribution in [-0.2, 0) is 10.5 Å². The zero-order valence-electron chi connectivity index (χ0n) is 8.90. The van der Waals surface area contributed by atoms with Gasteiger partial charge in [0.2, 0.25) is 0 Å². The first-order valence-electron chi connectivity index (χ1n) is 4.73. The van der Waals surface area contributed by atoms with Gasteiger partial charge in [-0.05, 0) is 17.7 Å². The lowest BCUT2D eigenvalue weighted by Gasteiger charge is -2.03. The summed E-state index contributed by atoms with van der Waals surface area (Å²) in [6.07, 6.45) is 0. The Kier molecular flexibility index (Phi) is 5.28. The summed E-state index contributed by atoms with van der Waals surface area (Å²) in [6.45, 7) is 0.650. The molecule has 1 rings (SSSR count). The topological polar surface area (TPSA) is 46.5 Å². The fraction of sp³-hybridized carbons (Fsp3) is 0.364. The van der Waals surface area contributed by atoms with Crippen molar-refractivity contribution >= 4 is 17.7 Å². The summed E-state index contributed by atoms with van der Waals surface area (Å²) in [4.78, 5) is 10.7. The summed E-state index contributed by atoms with van der Waals surface area (Å²) in [5.41, 5.74) is 0.532. The van der Waals surface area contributed by atoms with E-state index in [1.54, 1.807) is 24.9 Å². The molecule has 16 heavy (non-hydrogen) atoms. The molecule has 1 aromatic rings. The number of rotatable bonds is 6. The number of ether oxygens (including phenoxy) is 1. The highest BCUT2D eigenvalue weighted by molar-refractivity contribution is 7.98. The van der Waals surface area contributed by atoms with Gasteiger partial charge >= 0.3 is 5.97 Å². The second-order valence-corrected chi connectivity index (χ2v) is 4.27. The SMILES string of the molecule is COCCSCc1ccc(F)c(C(=O)O)c1. The van der Waals surface area contributed by atoms with Crippen molar-refractivity contribution in [2.45, 2.75) is 5.75 Å². The van der Waals surface area contributed by atoms with Crippen LogP contribution in [0.4, 0.5) is 4.39 Å². The van der Waals surface area contributed by atoms with Crippen molar-refractivity contribution < 1.29 is 19.0 Å². The van der Waals surface area contributed by atoms with E-state index >= 15 is 0 Å². The van der Waals surface area contributed by atoms with Crippen LogP contribution in [0.25, 0.3) is 0 Å². The number of thioether (sulfide) groups is 1. The number of benzene rings is 1. The zero-order chi connectivity index (χ0) is 12.0. The molecule has 0 unspecified atom stereocenters. The van der Waals surface area contributed by atoms with Gasteiger partial charge in [0.1, 0.15) is 5.82 Å². The third-order valence-corrected chi connectivity index (χ3v) is 2.95. The van der Waals surface area contributed by atoms with Crippen molar-refractivity contribution in [1.82, 2.24) is 0 Å². The maximum atomic E-state index is 13.1. The van der Waals surface area contributed by atoms with Crippen LogP contribution in [0.1, 0.15) is 15.9 Å². The van der Waals surface area contributed by atoms with Gasteiger partial charge in [-0.1, -0.05) is 6.07 Å². The van der Waals surface area contributed by atoms with E-state index in [0.29, 0.717) is 12.4 Å². The van der Waals surface area contributed by atoms with Crippen LogP contribution >= 0.6 is 11.8 Å². The molecule has 0 aliphatic rings. The van der Waals surface area contributed by atoms with Crippen molar-refractivity contribution in [3.8, 4) is 0 Å². The molecule has 0 aliphatic carbocycles. The molecular weight excluding hydrogens is 231 g/mol. The van der Waals surface area contributed by atoms with E-state index in [4.69, 9.17) is 9.84 Å². The molecule has 0 heterocycles. The first-order chi connectivity index (χ1) is 7.65. The fourth-order valence-corrected chi connectivity index (χ4v) is 2.00. The van der Waals surface area contributed by atoms with Gasteiger partial charge in [0.25, 0.3) is 0 Å². The first kappa shape index (κ1) is 13.0.